The van der Waals surface area contributed by atoms with Crippen LogP contribution in [0.15, 0.2) is 36.5 Å². The summed E-state index contributed by atoms with van der Waals surface area (Å²) in [5.41, 5.74) is 0.959. The number of esters is 1. The van der Waals surface area contributed by atoms with Crippen molar-refractivity contribution >= 4 is 28.6 Å². The summed E-state index contributed by atoms with van der Waals surface area (Å²) in [6.45, 7) is 2.04. The van der Waals surface area contributed by atoms with Crippen LogP contribution in [0.1, 0.15) is 12.5 Å². The van der Waals surface area contributed by atoms with Crippen molar-refractivity contribution in [3.05, 3.63) is 52.2 Å². The Morgan fingerprint density at radius 1 is 1.50 bits per heavy atom. The first-order valence-corrected chi connectivity index (χ1v) is 6.00. The first kappa shape index (κ1) is 13.7. The van der Waals surface area contributed by atoms with Crippen LogP contribution < -0.4 is 0 Å². The molecule has 6 nitrogen and oxygen atoms in total. The number of nitrogens with zero attached hydrogens (tertiary/aromatic N) is 2. The van der Waals surface area contributed by atoms with E-state index < -0.39 is 10.9 Å². The first-order valence-electron chi connectivity index (χ1n) is 6.00. The van der Waals surface area contributed by atoms with E-state index in [0.29, 0.717) is 23.1 Å². The number of hydrogen-bond acceptors (Lipinski definition) is 5. The third-order valence-electron chi connectivity index (χ3n) is 2.61. The molecular formula is C14H12N2O4. The number of benzene rings is 1. The minimum atomic E-state index is -0.469. The number of nitro groups is 1. The van der Waals surface area contributed by atoms with Gasteiger partial charge >= 0.3 is 5.97 Å². The van der Waals surface area contributed by atoms with Crippen LogP contribution >= 0.6 is 0 Å². The summed E-state index contributed by atoms with van der Waals surface area (Å²) in [7, 11) is 0. The van der Waals surface area contributed by atoms with E-state index in [1.807, 2.05) is 0 Å². The van der Waals surface area contributed by atoms with Gasteiger partial charge in [-0.3, -0.25) is 10.1 Å². The lowest BCUT2D eigenvalue weighted by molar-refractivity contribution is -0.383. The second kappa shape index (κ2) is 5.92. The Bertz CT molecular complexity index is 695. The van der Waals surface area contributed by atoms with Crippen LogP contribution in [-0.4, -0.2) is 22.5 Å². The number of nitro benzene ring substituents is 1. The maximum atomic E-state index is 11.2. The summed E-state index contributed by atoms with van der Waals surface area (Å²) >= 11 is 0. The summed E-state index contributed by atoms with van der Waals surface area (Å²) in [6.07, 6.45) is 4.33. The lowest BCUT2D eigenvalue weighted by Crippen LogP contribution is -1.98. The van der Waals surface area contributed by atoms with Crippen molar-refractivity contribution in [3.8, 4) is 0 Å². The van der Waals surface area contributed by atoms with Gasteiger partial charge in [0.05, 0.1) is 11.5 Å². The Balaban J connectivity index is 2.35. The SMILES string of the molecule is CCOC(=O)/C=C/c1cnc2c([N+](=O)[O-])cccc2c1. The van der Waals surface area contributed by atoms with Crippen LogP contribution in [0.4, 0.5) is 5.69 Å². The van der Waals surface area contributed by atoms with Gasteiger partial charge < -0.3 is 4.74 Å². The molecule has 0 N–H and O–H groups in total. The summed E-state index contributed by atoms with van der Waals surface area (Å²) < 4.78 is 4.77. The molecule has 102 valence electrons. The normalized spacial score (nSPS) is 10.8. The molecule has 0 bridgehead atoms. The monoisotopic (exact) mass is 272 g/mol. The quantitative estimate of drug-likeness (QED) is 0.370. The van der Waals surface area contributed by atoms with Gasteiger partial charge in [-0.05, 0) is 24.6 Å². The maximum absolute atomic E-state index is 11.2. The van der Waals surface area contributed by atoms with Crippen LogP contribution in [0, 0.1) is 10.1 Å². The lowest BCUT2D eigenvalue weighted by atomic mass is 10.1. The van der Waals surface area contributed by atoms with Gasteiger partial charge in [0.2, 0.25) is 0 Å². The topological polar surface area (TPSA) is 82.3 Å². The third kappa shape index (κ3) is 2.97. The first-order chi connectivity index (χ1) is 9.61. The van der Waals surface area contributed by atoms with Crippen LogP contribution in [0.25, 0.3) is 17.0 Å². The highest BCUT2D eigenvalue weighted by molar-refractivity contribution is 5.90. The van der Waals surface area contributed by atoms with Crippen LogP contribution in [-0.2, 0) is 9.53 Å². The van der Waals surface area contributed by atoms with E-state index in [4.69, 9.17) is 4.74 Å². The molecule has 0 fully saturated rings. The second-order valence-corrected chi connectivity index (χ2v) is 3.96. The van der Waals surface area contributed by atoms with E-state index >= 15 is 0 Å². The molecule has 0 aliphatic carbocycles. The highest BCUT2D eigenvalue weighted by Gasteiger charge is 2.12. The largest absolute Gasteiger partial charge is 0.463 e. The molecule has 0 saturated heterocycles. The van der Waals surface area contributed by atoms with Gasteiger partial charge in [-0.15, -0.1) is 0 Å². The average Bonchev–Trinajstić information content (AvgIpc) is 2.44. The van der Waals surface area contributed by atoms with Crippen LogP contribution in [0.3, 0.4) is 0 Å². The molecule has 1 aromatic heterocycles. The van der Waals surface area contributed by atoms with Gasteiger partial charge in [0, 0.05) is 23.7 Å². The lowest BCUT2D eigenvalue weighted by Gasteiger charge is -2.00. The Morgan fingerprint density at radius 3 is 3.00 bits per heavy atom. The molecule has 0 saturated carbocycles. The number of carbonyl (C=O) groups excluding carboxylic acids is 1. The third-order valence-corrected chi connectivity index (χ3v) is 2.61. The fourth-order valence-corrected chi connectivity index (χ4v) is 1.75. The predicted octanol–water partition coefficient (Wildman–Crippen LogP) is 2.72. The molecule has 0 unspecified atom stereocenters. The number of aromatic nitrogens is 1. The zero-order chi connectivity index (χ0) is 14.5. The summed E-state index contributed by atoms with van der Waals surface area (Å²) in [4.78, 5) is 25.7. The summed E-state index contributed by atoms with van der Waals surface area (Å²) in [6, 6.07) is 6.46. The molecule has 0 atom stereocenters. The molecule has 0 amide bonds. The maximum Gasteiger partial charge on any atom is 0.330 e. The van der Waals surface area contributed by atoms with Gasteiger partial charge in [0.15, 0.2) is 0 Å². The molecule has 1 aromatic carbocycles. The number of pyridine rings is 1. The molecule has 20 heavy (non-hydrogen) atoms. The van der Waals surface area contributed by atoms with Crippen molar-refractivity contribution in [2.75, 3.05) is 6.61 Å². The number of ether oxygens (including phenoxy) is 1. The molecule has 2 aromatic rings. The van der Waals surface area contributed by atoms with Crippen molar-refractivity contribution in [1.29, 1.82) is 0 Å². The highest BCUT2D eigenvalue weighted by atomic mass is 16.6. The van der Waals surface area contributed by atoms with E-state index in [1.165, 1.54) is 18.3 Å². The van der Waals surface area contributed by atoms with Crippen molar-refractivity contribution in [2.24, 2.45) is 0 Å². The van der Waals surface area contributed by atoms with Crippen LogP contribution in [0.2, 0.25) is 0 Å². The van der Waals surface area contributed by atoms with Gasteiger partial charge in [0.1, 0.15) is 5.52 Å². The predicted molar refractivity (Wildman–Crippen MR) is 74.1 cm³/mol. The molecule has 0 aliphatic heterocycles. The molecule has 1 heterocycles. The van der Waals surface area contributed by atoms with Gasteiger partial charge in [0.25, 0.3) is 5.69 Å². The standard InChI is InChI=1S/C14H12N2O4/c1-2-20-13(17)7-6-10-8-11-4-3-5-12(16(18)19)14(11)15-9-10/h3-9H,2H2,1H3/b7-6+. The van der Waals surface area contributed by atoms with E-state index in [-0.39, 0.29) is 5.69 Å². The zero-order valence-corrected chi connectivity index (χ0v) is 10.8. The van der Waals surface area contributed by atoms with Gasteiger partial charge in [-0.25, -0.2) is 9.78 Å². The van der Waals surface area contributed by atoms with Crippen molar-refractivity contribution < 1.29 is 14.5 Å². The van der Waals surface area contributed by atoms with Gasteiger partial charge in [-0.2, -0.15) is 0 Å². The Labute approximate surface area is 114 Å². The highest BCUT2D eigenvalue weighted by Crippen LogP contribution is 2.24. The molecule has 0 aliphatic rings. The minimum Gasteiger partial charge on any atom is -0.463 e. The number of rotatable bonds is 4. The summed E-state index contributed by atoms with van der Waals surface area (Å²) in [5, 5.41) is 11.5. The van der Waals surface area contributed by atoms with Crippen molar-refractivity contribution in [2.45, 2.75) is 6.92 Å². The van der Waals surface area contributed by atoms with E-state index in [0.717, 1.165) is 0 Å². The van der Waals surface area contributed by atoms with Gasteiger partial charge in [-0.1, -0.05) is 12.1 Å². The Morgan fingerprint density at radius 2 is 2.30 bits per heavy atom. The molecule has 0 radical (unpaired) electrons. The molecule has 0 spiro atoms. The van der Waals surface area contributed by atoms with Crippen molar-refractivity contribution in [1.82, 2.24) is 4.98 Å². The summed E-state index contributed by atoms with van der Waals surface area (Å²) in [5.74, 6) is -0.438. The minimum absolute atomic E-state index is 0.0385. The number of non-ortho nitro benzene ring substituents is 1. The van der Waals surface area contributed by atoms with E-state index in [1.54, 1.807) is 31.2 Å². The molecule has 2 rings (SSSR count). The van der Waals surface area contributed by atoms with E-state index in [2.05, 4.69) is 4.98 Å². The molecule has 6 heteroatoms. The fourth-order valence-electron chi connectivity index (χ4n) is 1.75. The Hall–Kier alpha value is -2.76. The second-order valence-electron chi connectivity index (χ2n) is 3.96. The fraction of sp³-hybridized carbons (Fsp3) is 0.143. The number of para-hydroxylation sites is 1. The Kier molecular flexibility index (Phi) is 4.05. The number of hydrogen-bond donors (Lipinski definition) is 0. The smallest absolute Gasteiger partial charge is 0.330 e. The van der Waals surface area contributed by atoms with Crippen LogP contribution in [0.5, 0.6) is 0 Å². The average molecular weight is 272 g/mol. The molecular weight excluding hydrogens is 260 g/mol. The van der Waals surface area contributed by atoms with E-state index in [9.17, 15) is 14.9 Å². The number of carbonyl (C=O) groups is 1. The number of fused-ring (bicyclic) bond motifs is 1. The van der Waals surface area contributed by atoms with Crippen molar-refractivity contribution in [3.63, 3.8) is 0 Å². The zero-order valence-electron chi connectivity index (χ0n) is 10.8.